The fraction of sp³-hybridized carbons (Fsp3) is 0.364. The molecular weight excluding hydrogens is 260 g/mol. The van der Waals surface area contributed by atoms with Crippen LogP contribution in [0, 0.1) is 11.3 Å². The SMILES string of the molecule is CCS(=O)(=O)N(C)C(C#N)c1cccc(Cl)c1. The highest BCUT2D eigenvalue weighted by atomic mass is 35.5. The van der Waals surface area contributed by atoms with Crippen LogP contribution in [0.3, 0.4) is 0 Å². The predicted octanol–water partition coefficient (Wildman–Crippen LogP) is 2.19. The third kappa shape index (κ3) is 3.19. The number of nitriles is 1. The van der Waals surface area contributed by atoms with E-state index in [1.165, 1.54) is 14.0 Å². The van der Waals surface area contributed by atoms with E-state index in [1.54, 1.807) is 24.3 Å². The summed E-state index contributed by atoms with van der Waals surface area (Å²) < 4.78 is 24.5. The van der Waals surface area contributed by atoms with Crippen molar-refractivity contribution in [2.45, 2.75) is 13.0 Å². The van der Waals surface area contributed by atoms with E-state index in [2.05, 4.69) is 0 Å². The molecule has 0 spiro atoms. The number of nitrogens with zero attached hydrogens (tertiary/aromatic N) is 2. The quantitative estimate of drug-likeness (QED) is 0.844. The largest absolute Gasteiger partial charge is 0.215 e. The van der Waals surface area contributed by atoms with Crippen molar-refractivity contribution in [1.29, 1.82) is 5.26 Å². The van der Waals surface area contributed by atoms with E-state index in [-0.39, 0.29) is 5.75 Å². The van der Waals surface area contributed by atoms with Crippen molar-refractivity contribution in [1.82, 2.24) is 4.31 Å². The summed E-state index contributed by atoms with van der Waals surface area (Å²) in [6, 6.07) is 7.77. The number of hydrogen-bond donors (Lipinski definition) is 0. The molecule has 0 radical (unpaired) electrons. The maximum atomic E-state index is 11.7. The first kappa shape index (κ1) is 14.0. The molecule has 0 aromatic heterocycles. The second-order valence-electron chi connectivity index (χ2n) is 3.50. The third-order valence-electron chi connectivity index (χ3n) is 2.45. The molecule has 1 aromatic rings. The minimum atomic E-state index is -3.40. The van der Waals surface area contributed by atoms with Crippen LogP contribution >= 0.6 is 11.6 Å². The first-order valence-electron chi connectivity index (χ1n) is 5.03. The van der Waals surface area contributed by atoms with E-state index in [0.717, 1.165) is 4.31 Å². The number of hydrogen-bond acceptors (Lipinski definition) is 3. The van der Waals surface area contributed by atoms with Crippen LogP contribution in [0.1, 0.15) is 18.5 Å². The Morgan fingerprint density at radius 1 is 1.53 bits per heavy atom. The lowest BCUT2D eigenvalue weighted by molar-refractivity contribution is 0.433. The number of benzene rings is 1. The van der Waals surface area contributed by atoms with Gasteiger partial charge < -0.3 is 0 Å². The number of halogens is 1. The van der Waals surface area contributed by atoms with E-state index in [4.69, 9.17) is 16.9 Å². The monoisotopic (exact) mass is 272 g/mol. The van der Waals surface area contributed by atoms with Crippen LogP contribution in [-0.4, -0.2) is 25.5 Å². The first-order valence-corrected chi connectivity index (χ1v) is 7.02. The van der Waals surface area contributed by atoms with Crippen molar-refractivity contribution in [3.05, 3.63) is 34.9 Å². The molecule has 1 aromatic carbocycles. The van der Waals surface area contributed by atoms with Crippen molar-refractivity contribution in [2.24, 2.45) is 0 Å². The van der Waals surface area contributed by atoms with Crippen molar-refractivity contribution in [3.63, 3.8) is 0 Å². The molecule has 4 nitrogen and oxygen atoms in total. The highest BCUT2D eigenvalue weighted by molar-refractivity contribution is 7.89. The smallest absolute Gasteiger partial charge is 0.212 e. The summed E-state index contributed by atoms with van der Waals surface area (Å²) in [6.45, 7) is 1.54. The second kappa shape index (κ2) is 5.50. The van der Waals surface area contributed by atoms with Gasteiger partial charge in [-0.1, -0.05) is 23.7 Å². The lowest BCUT2D eigenvalue weighted by Crippen LogP contribution is -2.31. The summed E-state index contributed by atoms with van der Waals surface area (Å²) in [5.74, 6) is -0.0394. The van der Waals surface area contributed by atoms with Crippen LogP contribution < -0.4 is 0 Å². The Labute approximate surface area is 106 Å². The summed E-state index contributed by atoms with van der Waals surface area (Å²) in [5, 5.41) is 9.58. The van der Waals surface area contributed by atoms with Crippen molar-refractivity contribution in [2.75, 3.05) is 12.8 Å². The molecule has 0 amide bonds. The Bertz CT molecular complexity index is 537. The molecule has 0 heterocycles. The lowest BCUT2D eigenvalue weighted by atomic mass is 10.1. The van der Waals surface area contributed by atoms with Gasteiger partial charge in [0.05, 0.1) is 11.8 Å². The van der Waals surface area contributed by atoms with Crippen LogP contribution in [0.15, 0.2) is 24.3 Å². The lowest BCUT2D eigenvalue weighted by Gasteiger charge is -2.21. The van der Waals surface area contributed by atoms with Crippen LogP contribution in [0.2, 0.25) is 5.02 Å². The zero-order valence-corrected chi connectivity index (χ0v) is 11.2. The van der Waals surface area contributed by atoms with E-state index >= 15 is 0 Å². The predicted molar refractivity (Wildman–Crippen MR) is 67.0 cm³/mol. The molecule has 17 heavy (non-hydrogen) atoms. The van der Waals surface area contributed by atoms with Gasteiger partial charge in [-0.2, -0.15) is 9.57 Å². The second-order valence-corrected chi connectivity index (χ2v) is 6.26. The molecular formula is C11H13ClN2O2S. The molecule has 0 aliphatic heterocycles. The molecule has 0 fully saturated rings. The average Bonchev–Trinajstić information content (AvgIpc) is 2.30. The minimum absolute atomic E-state index is 0.0394. The van der Waals surface area contributed by atoms with Gasteiger partial charge in [0.1, 0.15) is 6.04 Å². The van der Waals surface area contributed by atoms with Crippen molar-refractivity contribution < 1.29 is 8.42 Å². The van der Waals surface area contributed by atoms with Crippen molar-refractivity contribution >= 4 is 21.6 Å². The topological polar surface area (TPSA) is 61.2 Å². The number of rotatable bonds is 4. The Kier molecular flexibility index (Phi) is 4.52. The number of sulfonamides is 1. The van der Waals surface area contributed by atoms with Crippen LogP contribution in [0.5, 0.6) is 0 Å². The van der Waals surface area contributed by atoms with Gasteiger partial charge in [0, 0.05) is 12.1 Å². The van der Waals surface area contributed by atoms with Gasteiger partial charge in [0.2, 0.25) is 10.0 Å². The van der Waals surface area contributed by atoms with Crippen LogP contribution in [0.4, 0.5) is 0 Å². The Morgan fingerprint density at radius 2 is 2.18 bits per heavy atom. The fourth-order valence-corrected chi connectivity index (χ4v) is 2.50. The summed E-state index contributed by atoms with van der Waals surface area (Å²) >= 11 is 5.82. The molecule has 92 valence electrons. The van der Waals surface area contributed by atoms with Crippen molar-refractivity contribution in [3.8, 4) is 6.07 Å². The van der Waals surface area contributed by atoms with E-state index in [1.807, 2.05) is 6.07 Å². The Balaban J connectivity index is 3.14. The molecule has 0 N–H and O–H groups in total. The van der Waals surface area contributed by atoms with Gasteiger partial charge in [-0.05, 0) is 24.6 Å². The highest BCUT2D eigenvalue weighted by Gasteiger charge is 2.26. The highest BCUT2D eigenvalue weighted by Crippen LogP contribution is 2.23. The Hall–Kier alpha value is -1.09. The van der Waals surface area contributed by atoms with E-state index in [9.17, 15) is 8.42 Å². The fourth-order valence-electron chi connectivity index (χ4n) is 1.41. The van der Waals surface area contributed by atoms with Crippen LogP contribution in [0.25, 0.3) is 0 Å². The standard InChI is InChI=1S/C11H13ClN2O2S/c1-3-17(15,16)14(2)11(8-13)9-5-4-6-10(12)7-9/h4-7,11H,3H2,1-2H3. The molecule has 0 saturated carbocycles. The zero-order chi connectivity index (χ0) is 13.1. The maximum Gasteiger partial charge on any atom is 0.215 e. The molecule has 0 aliphatic rings. The van der Waals surface area contributed by atoms with Gasteiger partial charge in [-0.15, -0.1) is 0 Å². The Morgan fingerprint density at radius 3 is 2.65 bits per heavy atom. The summed E-state index contributed by atoms with van der Waals surface area (Å²) in [4.78, 5) is 0. The molecule has 0 bridgehead atoms. The molecule has 0 saturated heterocycles. The zero-order valence-electron chi connectivity index (χ0n) is 9.59. The minimum Gasteiger partial charge on any atom is -0.212 e. The molecule has 1 rings (SSSR count). The normalized spacial score (nSPS) is 13.4. The first-order chi connectivity index (χ1) is 7.92. The van der Waals surface area contributed by atoms with E-state index < -0.39 is 16.1 Å². The maximum absolute atomic E-state index is 11.7. The molecule has 1 unspecified atom stereocenters. The molecule has 1 atom stereocenters. The average molecular weight is 273 g/mol. The summed E-state index contributed by atoms with van der Waals surface area (Å²) in [5.41, 5.74) is 0.569. The van der Waals surface area contributed by atoms with E-state index in [0.29, 0.717) is 10.6 Å². The van der Waals surface area contributed by atoms with Gasteiger partial charge in [0.15, 0.2) is 0 Å². The van der Waals surface area contributed by atoms with Gasteiger partial charge >= 0.3 is 0 Å². The van der Waals surface area contributed by atoms with Crippen LogP contribution in [-0.2, 0) is 10.0 Å². The van der Waals surface area contributed by atoms with Gasteiger partial charge in [0.25, 0.3) is 0 Å². The molecule has 6 heteroatoms. The summed E-state index contributed by atoms with van der Waals surface area (Å²) in [7, 11) is -2.01. The van der Waals surface area contributed by atoms with Gasteiger partial charge in [-0.3, -0.25) is 0 Å². The van der Waals surface area contributed by atoms with Gasteiger partial charge in [-0.25, -0.2) is 8.42 Å². The third-order valence-corrected chi connectivity index (χ3v) is 4.51. The summed E-state index contributed by atoms with van der Waals surface area (Å²) in [6.07, 6.45) is 0. The molecule has 0 aliphatic carbocycles.